The van der Waals surface area contributed by atoms with Gasteiger partial charge in [-0.3, -0.25) is 14.4 Å². The van der Waals surface area contributed by atoms with Gasteiger partial charge in [-0.25, -0.2) is 0 Å². The van der Waals surface area contributed by atoms with E-state index >= 15 is 0 Å². The first-order valence-electron chi connectivity index (χ1n) is 14.8. The van der Waals surface area contributed by atoms with Crippen LogP contribution in [0.25, 0.3) is 0 Å². The molecule has 10 atom stereocenters. The van der Waals surface area contributed by atoms with Gasteiger partial charge in [0.1, 0.15) is 11.6 Å². The van der Waals surface area contributed by atoms with Gasteiger partial charge in [0.2, 0.25) is 17.7 Å². The molecule has 1 spiro atoms. The van der Waals surface area contributed by atoms with Crippen molar-refractivity contribution in [2.75, 3.05) is 5.32 Å². The highest BCUT2D eigenvalue weighted by atomic mass is 35.5. The molecule has 0 radical (unpaired) electrons. The summed E-state index contributed by atoms with van der Waals surface area (Å²) in [5.74, 6) is -0.821. The molecule has 1 aromatic rings. The number of ether oxygens (including phenoxy) is 1. The molecule has 3 amide bonds. The first-order valence-corrected chi connectivity index (χ1v) is 15.1. The number of hydrogen-bond donors (Lipinski definition) is 2. The number of carbonyl (C=O) groups is 3. The van der Waals surface area contributed by atoms with Crippen LogP contribution in [-0.4, -0.2) is 52.5 Å². The van der Waals surface area contributed by atoms with Crippen molar-refractivity contribution in [3.63, 3.8) is 0 Å². The van der Waals surface area contributed by atoms with Gasteiger partial charge < -0.3 is 20.3 Å². The van der Waals surface area contributed by atoms with E-state index in [2.05, 4.69) is 31.4 Å². The van der Waals surface area contributed by atoms with Crippen LogP contribution in [0.3, 0.4) is 0 Å². The number of nitrogens with zero attached hydrogens (tertiary/aromatic N) is 1. The van der Waals surface area contributed by atoms with E-state index in [1.165, 1.54) is 6.42 Å². The smallest absolute Gasteiger partial charge is 0.246 e. The zero-order valence-electron chi connectivity index (χ0n) is 23.1. The molecule has 39 heavy (non-hydrogen) atoms. The number of benzene rings is 1. The van der Waals surface area contributed by atoms with E-state index in [9.17, 15) is 14.4 Å². The van der Waals surface area contributed by atoms with Crippen LogP contribution < -0.4 is 10.6 Å². The Bertz CT molecular complexity index is 1190. The number of halogens is 1. The van der Waals surface area contributed by atoms with Crippen LogP contribution in [0, 0.1) is 29.6 Å². The Labute approximate surface area is 236 Å². The van der Waals surface area contributed by atoms with Crippen molar-refractivity contribution < 1.29 is 19.1 Å². The second-order valence-electron chi connectivity index (χ2n) is 12.7. The normalized spacial score (nSPS) is 41.0. The Morgan fingerprint density at radius 1 is 1.03 bits per heavy atom. The topological polar surface area (TPSA) is 87.7 Å². The number of fused-ring (bicyclic) bond motifs is 1. The van der Waals surface area contributed by atoms with Crippen molar-refractivity contribution >= 4 is 35.0 Å². The lowest BCUT2D eigenvalue weighted by Crippen LogP contribution is -2.60. The molecular formula is C31H40ClN3O4. The molecule has 2 aliphatic carbocycles. The molecule has 0 unspecified atom stereocenters. The van der Waals surface area contributed by atoms with Gasteiger partial charge in [0.15, 0.2) is 0 Å². The van der Waals surface area contributed by atoms with Gasteiger partial charge in [0.05, 0.1) is 17.9 Å². The highest BCUT2D eigenvalue weighted by molar-refractivity contribution is 6.30. The third-order valence-electron chi connectivity index (χ3n) is 10.4. The van der Waals surface area contributed by atoms with E-state index in [1.807, 2.05) is 17.1 Å². The zero-order chi connectivity index (χ0) is 27.5. The molecule has 3 aliphatic heterocycles. The largest absolute Gasteiger partial charge is 0.359 e. The maximum absolute atomic E-state index is 14.4. The fourth-order valence-electron chi connectivity index (χ4n) is 8.11. The van der Waals surface area contributed by atoms with Crippen molar-refractivity contribution in [1.29, 1.82) is 0 Å². The predicted octanol–water partition coefficient (Wildman–Crippen LogP) is 4.95. The first-order chi connectivity index (χ1) is 18.7. The molecule has 8 heteroatoms. The van der Waals surface area contributed by atoms with E-state index in [1.54, 1.807) is 24.3 Å². The maximum Gasteiger partial charge on any atom is 0.246 e. The van der Waals surface area contributed by atoms with Gasteiger partial charge in [-0.2, -0.15) is 0 Å². The summed E-state index contributed by atoms with van der Waals surface area (Å²) >= 11 is 6.14. The molecular weight excluding hydrogens is 514 g/mol. The predicted molar refractivity (Wildman–Crippen MR) is 150 cm³/mol. The molecule has 210 valence electrons. The number of anilines is 1. The van der Waals surface area contributed by atoms with Crippen molar-refractivity contribution in [3.05, 3.63) is 41.4 Å². The molecule has 1 aromatic carbocycles. The van der Waals surface area contributed by atoms with Crippen molar-refractivity contribution in [2.45, 2.75) is 95.5 Å². The van der Waals surface area contributed by atoms with Crippen LogP contribution >= 0.6 is 11.6 Å². The van der Waals surface area contributed by atoms with Gasteiger partial charge >= 0.3 is 0 Å². The average Bonchev–Trinajstić information content (AvgIpc) is 3.54. The molecule has 3 heterocycles. The Morgan fingerprint density at radius 2 is 1.79 bits per heavy atom. The lowest BCUT2D eigenvalue weighted by Gasteiger charge is -2.42. The summed E-state index contributed by atoms with van der Waals surface area (Å²) in [5, 5.41) is 6.84. The second kappa shape index (κ2) is 10.2. The summed E-state index contributed by atoms with van der Waals surface area (Å²) in [6.07, 6.45) is 10.5. The number of likely N-dealkylation sites (tertiary alicyclic amines) is 1. The molecule has 6 rings (SSSR count). The van der Waals surface area contributed by atoms with Crippen LogP contribution in [0.2, 0.25) is 5.02 Å². The number of rotatable bonds is 5. The van der Waals surface area contributed by atoms with Gasteiger partial charge in [0.25, 0.3) is 0 Å². The highest BCUT2D eigenvalue weighted by Gasteiger charge is 2.73. The standard InChI is InChI=1S/C31H40ClN3O4/c1-17-9-6-12-22(19(17)3)34-29(37)27-31-15-14-24(39-31)25(28(36)33-21-11-7-10-20(32)16-21)26(31)30(38)35(27)23-13-5-4-8-18(23)2/h7,10-11,14-19,22-27H,4-6,8-9,12-13H2,1-3H3,(H,33,36)(H,34,37)/t17-,18+,19-,22+,23-,24+,25-,26+,27+,31+/m1/s1. The number of hydrogen-bond acceptors (Lipinski definition) is 4. The van der Waals surface area contributed by atoms with E-state index in [0.717, 1.165) is 38.5 Å². The molecule has 0 aromatic heterocycles. The van der Waals surface area contributed by atoms with Crippen LogP contribution in [0.4, 0.5) is 5.69 Å². The summed E-state index contributed by atoms with van der Waals surface area (Å²) in [5.41, 5.74) is -0.561. The van der Waals surface area contributed by atoms with E-state index in [0.29, 0.717) is 22.5 Å². The lowest BCUT2D eigenvalue weighted by molar-refractivity contribution is -0.146. The van der Waals surface area contributed by atoms with Gasteiger partial charge in [-0.1, -0.05) is 76.3 Å². The molecule has 2 N–H and O–H groups in total. The summed E-state index contributed by atoms with van der Waals surface area (Å²) < 4.78 is 6.56. The quantitative estimate of drug-likeness (QED) is 0.505. The summed E-state index contributed by atoms with van der Waals surface area (Å²) in [6, 6.07) is 6.23. The van der Waals surface area contributed by atoms with Crippen LogP contribution in [-0.2, 0) is 19.1 Å². The summed E-state index contributed by atoms with van der Waals surface area (Å²) in [7, 11) is 0. The SMILES string of the molecule is C[C@@H]1[C@H](C)CCC[C@@H]1NC(=O)[C@@H]1N([C@@H]2CCCC[C@@H]2C)C(=O)[C@@H]2[C@H](C(=O)Nc3cccc(Cl)c3)[C@@H]3C=C[C@]21O3. The van der Waals surface area contributed by atoms with Crippen molar-refractivity contribution in [2.24, 2.45) is 29.6 Å². The minimum atomic E-state index is -1.14. The van der Waals surface area contributed by atoms with E-state index < -0.39 is 29.6 Å². The van der Waals surface area contributed by atoms with Crippen LogP contribution in [0.1, 0.15) is 65.7 Å². The third kappa shape index (κ3) is 4.40. The van der Waals surface area contributed by atoms with Crippen molar-refractivity contribution in [1.82, 2.24) is 10.2 Å². The Kier molecular flexibility index (Phi) is 7.03. The molecule has 2 saturated heterocycles. The summed E-state index contributed by atoms with van der Waals surface area (Å²) in [4.78, 5) is 44.2. The molecule has 4 fully saturated rings. The molecule has 7 nitrogen and oxygen atoms in total. The van der Waals surface area contributed by atoms with E-state index in [4.69, 9.17) is 16.3 Å². The minimum Gasteiger partial charge on any atom is -0.359 e. The molecule has 2 saturated carbocycles. The Balaban J connectivity index is 1.34. The second-order valence-corrected chi connectivity index (χ2v) is 13.1. The van der Waals surface area contributed by atoms with Gasteiger partial charge in [-0.15, -0.1) is 0 Å². The fraction of sp³-hybridized carbons (Fsp3) is 0.645. The highest BCUT2D eigenvalue weighted by Crippen LogP contribution is 2.56. The maximum atomic E-state index is 14.4. The third-order valence-corrected chi connectivity index (χ3v) is 10.6. The monoisotopic (exact) mass is 553 g/mol. The van der Waals surface area contributed by atoms with Gasteiger partial charge in [-0.05, 0) is 55.2 Å². The minimum absolute atomic E-state index is 0.0441. The van der Waals surface area contributed by atoms with Crippen LogP contribution in [0.15, 0.2) is 36.4 Å². The Morgan fingerprint density at radius 3 is 2.56 bits per heavy atom. The van der Waals surface area contributed by atoms with E-state index in [-0.39, 0.29) is 35.7 Å². The molecule has 5 aliphatic rings. The average molecular weight is 554 g/mol. The zero-order valence-corrected chi connectivity index (χ0v) is 23.8. The number of nitrogens with one attached hydrogen (secondary N) is 2. The van der Waals surface area contributed by atoms with Crippen LogP contribution in [0.5, 0.6) is 0 Å². The first kappa shape index (κ1) is 26.8. The van der Waals surface area contributed by atoms with Gasteiger partial charge in [0, 0.05) is 22.8 Å². The summed E-state index contributed by atoms with van der Waals surface area (Å²) in [6.45, 7) is 6.64. The molecule has 2 bridgehead atoms. The fourth-order valence-corrected chi connectivity index (χ4v) is 8.30. The Hall–Kier alpha value is -2.38. The van der Waals surface area contributed by atoms with Crippen molar-refractivity contribution in [3.8, 4) is 0 Å². The number of carbonyl (C=O) groups excluding carboxylic acids is 3. The lowest BCUT2D eigenvalue weighted by atomic mass is 9.73. The number of amides is 3.